The lowest BCUT2D eigenvalue weighted by Crippen LogP contribution is -2.42. The van der Waals surface area contributed by atoms with Crippen LogP contribution in [0.1, 0.15) is 48.0 Å². The van der Waals surface area contributed by atoms with Crippen molar-refractivity contribution >= 4 is 6.09 Å². The Balaban J connectivity index is 4.18. The molecule has 0 aromatic rings. The number of aliphatic hydroxyl groups is 1. The van der Waals surface area contributed by atoms with E-state index >= 15 is 0 Å². The van der Waals surface area contributed by atoms with Crippen LogP contribution in [0.5, 0.6) is 0 Å². The van der Waals surface area contributed by atoms with E-state index in [1.165, 1.54) is 0 Å². The molecular formula is C12H25NO3. The van der Waals surface area contributed by atoms with Gasteiger partial charge in [-0.05, 0) is 32.6 Å². The van der Waals surface area contributed by atoms with Gasteiger partial charge in [0.1, 0.15) is 5.60 Å². The van der Waals surface area contributed by atoms with Gasteiger partial charge in [-0.1, -0.05) is 20.8 Å². The molecule has 0 aliphatic rings. The second kappa shape index (κ2) is 5.53. The van der Waals surface area contributed by atoms with Crippen LogP contribution in [0.4, 0.5) is 4.79 Å². The highest BCUT2D eigenvalue weighted by atomic mass is 16.6. The largest absolute Gasteiger partial charge is 0.444 e. The summed E-state index contributed by atoms with van der Waals surface area (Å²) in [6, 6.07) is -0.255. The highest BCUT2D eigenvalue weighted by molar-refractivity contribution is 5.68. The Labute approximate surface area is 98.4 Å². The summed E-state index contributed by atoms with van der Waals surface area (Å²) in [7, 11) is 0. The summed E-state index contributed by atoms with van der Waals surface area (Å²) in [5.74, 6) is 0. The molecule has 0 rings (SSSR count). The number of carbonyl (C=O) groups excluding carboxylic acids is 1. The monoisotopic (exact) mass is 231 g/mol. The maximum Gasteiger partial charge on any atom is 0.407 e. The van der Waals surface area contributed by atoms with Crippen molar-refractivity contribution in [1.29, 1.82) is 0 Å². The predicted molar refractivity (Wildman–Crippen MR) is 64.3 cm³/mol. The Hall–Kier alpha value is -0.770. The van der Waals surface area contributed by atoms with Gasteiger partial charge in [-0.25, -0.2) is 4.79 Å². The Morgan fingerprint density at radius 1 is 1.25 bits per heavy atom. The summed E-state index contributed by atoms with van der Waals surface area (Å²) in [6.45, 7) is 11.5. The van der Waals surface area contributed by atoms with E-state index in [4.69, 9.17) is 9.84 Å². The molecule has 96 valence electrons. The minimum absolute atomic E-state index is 0.0579. The van der Waals surface area contributed by atoms with Crippen molar-refractivity contribution in [3.05, 3.63) is 0 Å². The van der Waals surface area contributed by atoms with Crippen LogP contribution in [-0.4, -0.2) is 29.4 Å². The molecule has 4 heteroatoms. The number of ether oxygens (including phenoxy) is 1. The summed E-state index contributed by atoms with van der Waals surface area (Å²) in [5, 5.41) is 11.8. The normalized spacial score (nSPS) is 14.4. The van der Waals surface area contributed by atoms with Crippen LogP contribution in [0.15, 0.2) is 0 Å². The number of hydrogen-bond acceptors (Lipinski definition) is 3. The van der Waals surface area contributed by atoms with Crippen molar-refractivity contribution in [2.45, 2.75) is 59.6 Å². The first kappa shape index (κ1) is 15.2. The zero-order valence-corrected chi connectivity index (χ0v) is 11.3. The van der Waals surface area contributed by atoms with Gasteiger partial charge in [0.15, 0.2) is 0 Å². The third-order valence-corrected chi connectivity index (χ3v) is 1.80. The molecule has 0 aromatic heterocycles. The lowest BCUT2D eigenvalue weighted by molar-refractivity contribution is 0.0465. The SMILES string of the molecule is CC(C)(C)C[C@@H](CO)NC(=O)OC(C)(C)C. The predicted octanol–water partition coefficient (Wildman–Crippen LogP) is 2.31. The molecule has 1 atom stereocenters. The van der Waals surface area contributed by atoms with Gasteiger partial charge >= 0.3 is 6.09 Å². The molecule has 0 aliphatic carbocycles. The van der Waals surface area contributed by atoms with Gasteiger partial charge in [0.2, 0.25) is 0 Å². The average molecular weight is 231 g/mol. The van der Waals surface area contributed by atoms with Crippen LogP contribution >= 0.6 is 0 Å². The third-order valence-electron chi connectivity index (χ3n) is 1.80. The van der Waals surface area contributed by atoms with E-state index in [1.54, 1.807) is 0 Å². The van der Waals surface area contributed by atoms with Crippen LogP contribution in [0, 0.1) is 5.41 Å². The highest BCUT2D eigenvalue weighted by Crippen LogP contribution is 2.20. The molecule has 0 aromatic carbocycles. The molecule has 2 N–H and O–H groups in total. The van der Waals surface area contributed by atoms with E-state index in [0.29, 0.717) is 6.42 Å². The molecule has 0 spiro atoms. The molecule has 0 saturated heterocycles. The first-order chi connectivity index (χ1) is 7.03. The first-order valence-corrected chi connectivity index (χ1v) is 5.64. The highest BCUT2D eigenvalue weighted by Gasteiger charge is 2.22. The molecular weight excluding hydrogens is 206 g/mol. The maximum atomic E-state index is 11.5. The summed E-state index contributed by atoms with van der Waals surface area (Å²) in [4.78, 5) is 11.5. The Morgan fingerprint density at radius 3 is 2.06 bits per heavy atom. The molecule has 0 radical (unpaired) electrons. The van der Waals surface area contributed by atoms with Gasteiger partial charge in [0, 0.05) is 0 Å². The van der Waals surface area contributed by atoms with Gasteiger partial charge in [0.25, 0.3) is 0 Å². The Morgan fingerprint density at radius 2 is 1.75 bits per heavy atom. The number of alkyl carbamates (subject to hydrolysis) is 1. The smallest absolute Gasteiger partial charge is 0.407 e. The first-order valence-electron chi connectivity index (χ1n) is 5.64. The lowest BCUT2D eigenvalue weighted by atomic mass is 9.88. The summed E-state index contributed by atoms with van der Waals surface area (Å²) in [6.07, 6.45) is 0.235. The fraction of sp³-hybridized carbons (Fsp3) is 0.917. The van der Waals surface area contributed by atoms with E-state index in [2.05, 4.69) is 26.1 Å². The number of aliphatic hydroxyl groups excluding tert-OH is 1. The van der Waals surface area contributed by atoms with Crippen LogP contribution in [0.25, 0.3) is 0 Å². The molecule has 0 saturated carbocycles. The fourth-order valence-corrected chi connectivity index (χ4v) is 1.37. The number of carbonyl (C=O) groups is 1. The van der Waals surface area contributed by atoms with Gasteiger partial charge in [-0.2, -0.15) is 0 Å². The van der Waals surface area contributed by atoms with Crippen molar-refractivity contribution in [2.75, 3.05) is 6.61 Å². The summed E-state index contributed by atoms with van der Waals surface area (Å²) < 4.78 is 5.12. The second-order valence-electron chi connectivity index (χ2n) is 6.29. The number of hydrogen-bond donors (Lipinski definition) is 2. The van der Waals surface area contributed by atoms with Gasteiger partial charge in [0.05, 0.1) is 12.6 Å². The minimum Gasteiger partial charge on any atom is -0.444 e. The van der Waals surface area contributed by atoms with Crippen LogP contribution in [-0.2, 0) is 4.74 Å². The number of amides is 1. The standard InChI is InChI=1S/C12H25NO3/c1-11(2,3)7-9(8-14)13-10(15)16-12(4,5)6/h9,14H,7-8H2,1-6H3,(H,13,15)/t9-/m0/s1. The second-order valence-corrected chi connectivity index (χ2v) is 6.29. The Bertz CT molecular complexity index is 225. The molecule has 0 heterocycles. The van der Waals surface area contributed by atoms with E-state index in [1.807, 2.05) is 20.8 Å². The topological polar surface area (TPSA) is 58.6 Å². The van der Waals surface area contributed by atoms with Gasteiger partial charge < -0.3 is 15.2 Å². The summed E-state index contributed by atoms with van der Waals surface area (Å²) in [5.41, 5.74) is -0.450. The molecule has 16 heavy (non-hydrogen) atoms. The van der Waals surface area contributed by atoms with Crippen molar-refractivity contribution in [2.24, 2.45) is 5.41 Å². The van der Waals surface area contributed by atoms with E-state index in [0.717, 1.165) is 0 Å². The van der Waals surface area contributed by atoms with Crippen LogP contribution < -0.4 is 5.32 Å². The average Bonchev–Trinajstić information content (AvgIpc) is 1.96. The van der Waals surface area contributed by atoms with Crippen molar-refractivity contribution < 1.29 is 14.6 Å². The molecule has 4 nitrogen and oxygen atoms in total. The molecule has 0 fully saturated rings. The van der Waals surface area contributed by atoms with Crippen LogP contribution in [0.3, 0.4) is 0 Å². The third kappa shape index (κ3) is 8.53. The molecule has 0 bridgehead atoms. The maximum absolute atomic E-state index is 11.5. The molecule has 0 aliphatic heterocycles. The van der Waals surface area contributed by atoms with Gasteiger partial charge in [-0.3, -0.25) is 0 Å². The van der Waals surface area contributed by atoms with E-state index in [9.17, 15) is 4.79 Å². The number of nitrogens with one attached hydrogen (secondary N) is 1. The molecule has 0 unspecified atom stereocenters. The number of rotatable bonds is 3. The van der Waals surface area contributed by atoms with Gasteiger partial charge in [-0.15, -0.1) is 0 Å². The van der Waals surface area contributed by atoms with Crippen molar-refractivity contribution in [3.63, 3.8) is 0 Å². The quantitative estimate of drug-likeness (QED) is 0.783. The fourth-order valence-electron chi connectivity index (χ4n) is 1.37. The van der Waals surface area contributed by atoms with E-state index < -0.39 is 11.7 Å². The van der Waals surface area contributed by atoms with Crippen molar-refractivity contribution in [1.82, 2.24) is 5.32 Å². The zero-order chi connectivity index (χ0) is 13.0. The molecule has 1 amide bonds. The van der Waals surface area contributed by atoms with E-state index in [-0.39, 0.29) is 18.1 Å². The zero-order valence-electron chi connectivity index (χ0n) is 11.3. The minimum atomic E-state index is -0.508. The Kier molecular flexibility index (Phi) is 5.26. The lowest BCUT2D eigenvalue weighted by Gasteiger charge is -2.27. The van der Waals surface area contributed by atoms with Crippen LogP contribution in [0.2, 0.25) is 0 Å². The summed E-state index contributed by atoms with van der Waals surface area (Å²) >= 11 is 0. The van der Waals surface area contributed by atoms with Crippen molar-refractivity contribution in [3.8, 4) is 0 Å².